The molecule has 9 heteroatoms. The van der Waals surface area contributed by atoms with Crippen molar-refractivity contribution in [1.29, 1.82) is 0 Å². The first-order valence-corrected chi connectivity index (χ1v) is 8.96. The van der Waals surface area contributed by atoms with E-state index >= 15 is 0 Å². The lowest BCUT2D eigenvalue weighted by atomic mass is 10.2. The van der Waals surface area contributed by atoms with Crippen molar-refractivity contribution >= 4 is 40.4 Å². The Morgan fingerprint density at radius 2 is 2.28 bits per heavy atom. The van der Waals surface area contributed by atoms with Crippen LogP contribution in [0, 0.1) is 0 Å². The van der Waals surface area contributed by atoms with Crippen LogP contribution in [-0.4, -0.2) is 47.2 Å². The average Bonchev–Trinajstić information content (AvgIpc) is 3.24. The maximum Gasteiger partial charge on any atom is 0.286 e. The number of benzene rings is 1. The second-order valence-corrected chi connectivity index (χ2v) is 7.03. The molecule has 1 fully saturated rings. The molecule has 2 amide bonds. The number of methoxy groups -OCH3 is 1. The van der Waals surface area contributed by atoms with E-state index in [0.29, 0.717) is 22.3 Å². The fraction of sp³-hybridized carbons (Fsp3) is 0.375. The van der Waals surface area contributed by atoms with Gasteiger partial charge in [-0.2, -0.15) is 0 Å². The van der Waals surface area contributed by atoms with Gasteiger partial charge < -0.3 is 15.0 Å². The number of hydrogen-bond acceptors (Lipinski definition) is 6. The fourth-order valence-corrected chi connectivity index (χ4v) is 3.82. The topological polar surface area (TPSA) is 84.4 Å². The van der Waals surface area contributed by atoms with Gasteiger partial charge >= 0.3 is 0 Å². The molecule has 1 aromatic heterocycles. The van der Waals surface area contributed by atoms with Crippen molar-refractivity contribution in [3.63, 3.8) is 0 Å². The summed E-state index contributed by atoms with van der Waals surface area (Å²) in [4.78, 5) is 26.2. The normalized spacial score (nSPS) is 16.9. The van der Waals surface area contributed by atoms with Crippen molar-refractivity contribution in [3.8, 4) is 0 Å². The van der Waals surface area contributed by atoms with Crippen LogP contribution in [0.2, 0.25) is 5.02 Å². The molecule has 1 aromatic carbocycles. The summed E-state index contributed by atoms with van der Waals surface area (Å²) in [6.07, 6.45) is 1.70. The van der Waals surface area contributed by atoms with E-state index < -0.39 is 0 Å². The molecule has 0 bridgehead atoms. The maximum atomic E-state index is 12.3. The Bertz CT molecular complexity index is 782. The van der Waals surface area contributed by atoms with E-state index in [1.807, 2.05) is 0 Å². The summed E-state index contributed by atoms with van der Waals surface area (Å²) in [5.41, 5.74) is 0.590. The molecular weight excluding hydrogens is 364 g/mol. The molecule has 2 aromatic rings. The second-order valence-electron chi connectivity index (χ2n) is 5.59. The van der Waals surface area contributed by atoms with Crippen LogP contribution in [-0.2, 0) is 9.53 Å². The number of hydrogen-bond donors (Lipinski definition) is 1. The van der Waals surface area contributed by atoms with E-state index in [4.69, 9.17) is 16.3 Å². The van der Waals surface area contributed by atoms with Crippen molar-refractivity contribution in [2.24, 2.45) is 0 Å². The molecule has 1 aliphatic heterocycles. The van der Waals surface area contributed by atoms with Gasteiger partial charge in [0.15, 0.2) is 0 Å². The van der Waals surface area contributed by atoms with Gasteiger partial charge in [-0.05, 0) is 31.0 Å². The number of nitrogens with zero attached hydrogens (tertiary/aromatic N) is 3. The SMILES string of the molecule is COCC(=O)N1CCCC1c1nnc(C(=O)Nc2cccc(Cl)c2)s1. The Kier molecular flexibility index (Phi) is 5.62. The Balaban J connectivity index is 1.71. The molecule has 0 radical (unpaired) electrons. The van der Waals surface area contributed by atoms with Crippen molar-refractivity contribution in [2.45, 2.75) is 18.9 Å². The van der Waals surface area contributed by atoms with E-state index in [0.717, 1.165) is 12.8 Å². The molecule has 7 nitrogen and oxygen atoms in total. The third-order valence-corrected chi connectivity index (χ3v) is 5.10. The summed E-state index contributed by atoms with van der Waals surface area (Å²) in [6, 6.07) is 6.73. The molecule has 2 heterocycles. The minimum atomic E-state index is -0.348. The number of carbonyl (C=O) groups is 2. The van der Waals surface area contributed by atoms with Crippen molar-refractivity contribution in [1.82, 2.24) is 15.1 Å². The first-order valence-electron chi connectivity index (χ1n) is 7.77. The van der Waals surface area contributed by atoms with Gasteiger partial charge in [0, 0.05) is 24.4 Å². The second kappa shape index (κ2) is 7.90. The average molecular weight is 381 g/mol. The summed E-state index contributed by atoms with van der Waals surface area (Å²) >= 11 is 7.11. The van der Waals surface area contributed by atoms with Gasteiger partial charge in [0.1, 0.15) is 11.6 Å². The molecule has 1 atom stereocenters. The molecule has 1 unspecified atom stereocenters. The molecule has 25 heavy (non-hydrogen) atoms. The van der Waals surface area contributed by atoms with Crippen molar-refractivity contribution in [3.05, 3.63) is 39.3 Å². The molecule has 3 rings (SSSR count). The number of halogens is 1. The Labute approximate surface area is 153 Å². The first-order chi connectivity index (χ1) is 12.1. The predicted octanol–water partition coefficient (Wildman–Crippen LogP) is 2.75. The third-order valence-electron chi connectivity index (χ3n) is 3.84. The van der Waals surface area contributed by atoms with Crippen LogP contribution in [0.25, 0.3) is 0 Å². The Hall–Kier alpha value is -2.03. The van der Waals surface area contributed by atoms with E-state index in [1.165, 1.54) is 18.4 Å². The summed E-state index contributed by atoms with van der Waals surface area (Å²) < 4.78 is 4.92. The highest BCUT2D eigenvalue weighted by molar-refractivity contribution is 7.13. The molecule has 1 saturated heterocycles. The molecule has 1 aliphatic rings. The van der Waals surface area contributed by atoms with Gasteiger partial charge in [0.2, 0.25) is 10.9 Å². The number of nitrogens with one attached hydrogen (secondary N) is 1. The minimum Gasteiger partial charge on any atom is -0.375 e. The quantitative estimate of drug-likeness (QED) is 0.862. The molecule has 1 N–H and O–H groups in total. The van der Waals surface area contributed by atoms with Crippen LogP contribution >= 0.6 is 22.9 Å². The standard InChI is InChI=1S/C16H17ClN4O3S/c1-24-9-13(22)21-7-3-6-12(21)15-19-20-16(25-15)14(23)18-11-5-2-4-10(17)8-11/h2,4-5,8,12H,3,6-7,9H2,1H3,(H,18,23). The van der Waals surface area contributed by atoms with Crippen LogP contribution in [0.3, 0.4) is 0 Å². The zero-order valence-electron chi connectivity index (χ0n) is 13.6. The highest BCUT2D eigenvalue weighted by Crippen LogP contribution is 2.33. The van der Waals surface area contributed by atoms with Gasteiger partial charge in [-0.25, -0.2) is 0 Å². The molecule has 132 valence electrons. The molecule has 0 spiro atoms. The molecule has 0 aliphatic carbocycles. The highest BCUT2D eigenvalue weighted by Gasteiger charge is 2.32. The van der Waals surface area contributed by atoms with Crippen LogP contribution in [0.15, 0.2) is 24.3 Å². The zero-order chi connectivity index (χ0) is 17.8. The van der Waals surface area contributed by atoms with Crippen LogP contribution in [0.1, 0.15) is 33.7 Å². The fourth-order valence-electron chi connectivity index (χ4n) is 2.74. The van der Waals surface area contributed by atoms with Crippen molar-refractivity contribution in [2.75, 3.05) is 25.6 Å². The lowest BCUT2D eigenvalue weighted by molar-refractivity contribution is -0.136. The Morgan fingerprint density at radius 3 is 3.04 bits per heavy atom. The van der Waals surface area contributed by atoms with Gasteiger partial charge in [-0.15, -0.1) is 10.2 Å². The number of amides is 2. The van der Waals surface area contributed by atoms with Gasteiger partial charge in [-0.1, -0.05) is 29.0 Å². The van der Waals surface area contributed by atoms with E-state index in [2.05, 4.69) is 15.5 Å². The van der Waals surface area contributed by atoms with Gasteiger partial charge in [0.25, 0.3) is 5.91 Å². The lowest BCUT2D eigenvalue weighted by Gasteiger charge is -2.22. The zero-order valence-corrected chi connectivity index (χ0v) is 15.1. The monoisotopic (exact) mass is 380 g/mol. The van der Waals surface area contributed by atoms with E-state index in [-0.39, 0.29) is 29.5 Å². The number of aromatic nitrogens is 2. The number of anilines is 1. The van der Waals surface area contributed by atoms with Gasteiger partial charge in [-0.3, -0.25) is 9.59 Å². The Morgan fingerprint density at radius 1 is 1.44 bits per heavy atom. The van der Waals surface area contributed by atoms with Gasteiger partial charge in [0.05, 0.1) is 6.04 Å². The first kappa shape index (κ1) is 17.8. The number of likely N-dealkylation sites (tertiary alicyclic amines) is 1. The maximum absolute atomic E-state index is 12.3. The van der Waals surface area contributed by atoms with Crippen molar-refractivity contribution < 1.29 is 14.3 Å². The highest BCUT2D eigenvalue weighted by atomic mass is 35.5. The summed E-state index contributed by atoms with van der Waals surface area (Å²) in [5.74, 6) is -0.427. The summed E-state index contributed by atoms with van der Waals surface area (Å²) in [7, 11) is 1.49. The predicted molar refractivity (Wildman–Crippen MR) is 94.9 cm³/mol. The largest absolute Gasteiger partial charge is 0.375 e. The summed E-state index contributed by atoms with van der Waals surface area (Å²) in [5, 5.41) is 12.3. The van der Waals surface area contributed by atoms with Crippen LogP contribution in [0.4, 0.5) is 5.69 Å². The lowest BCUT2D eigenvalue weighted by Crippen LogP contribution is -2.33. The van der Waals surface area contributed by atoms with E-state index in [9.17, 15) is 9.59 Å². The number of ether oxygens (including phenoxy) is 1. The van der Waals surface area contributed by atoms with E-state index in [1.54, 1.807) is 29.2 Å². The smallest absolute Gasteiger partial charge is 0.286 e. The third kappa shape index (κ3) is 4.15. The number of carbonyl (C=O) groups excluding carboxylic acids is 2. The van der Waals surface area contributed by atoms with Crippen LogP contribution < -0.4 is 5.32 Å². The molecular formula is C16H17ClN4O3S. The minimum absolute atomic E-state index is 0.0391. The molecule has 0 saturated carbocycles. The number of rotatable bonds is 5. The van der Waals surface area contributed by atoms with Crippen LogP contribution in [0.5, 0.6) is 0 Å². The summed E-state index contributed by atoms with van der Waals surface area (Å²) in [6.45, 7) is 0.702.